The van der Waals surface area contributed by atoms with Gasteiger partial charge in [0.25, 0.3) is 0 Å². The van der Waals surface area contributed by atoms with E-state index < -0.39 is 0 Å². The Morgan fingerprint density at radius 3 is 2.50 bits per heavy atom. The van der Waals surface area contributed by atoms with Gasteiger partial charge < -0.3 is 5.32 Å². The first kappa shape index (κ1) is 18.9. The van der Waals surface area contributed by atoms with E-state index in [1.165, 1.54) is 5.56 Å². The summed E-state index contributed by atoms with van der Waals surface area (Å²) >= 11 is 5.91. The van der Waals surface area contributed by atoms with Gasteiger partial charge in [0.05, 0.1) is 0 Å². The number of carbonyl (C=O) groups is 1. The Hall–Kier alpha value is -2.46. The minimum atomic E-state index is -0.00696. The van der Waals surface area contributed by atoms with Crippen LogP contribution in [0.4, 0.5) is 5.69 Å². The van der Waals surface area contributed by atoms with E-state index in [4.69, 9.17) is 11.6 Å². The van der Waals surface area contributed by atoms with Gasteiger partial charge in [-0.3, -0.25) is 4.79 Å². The smallest absolute Gasteiger partial charge is 0.227 e. The van der Waals surface area contributed by atoms with Gasteiger partial charge in [-0.25, -0.2) is 9.97 Å². The molecule has 28 heavy (non-hydrogen) atoms. The lowest BCUT2D eigenvalue weighted by atomic mass is 9.73. The molecule has 1 fully saturated rings. The molecule has 0 bridgehead atoms. The van der Waals surface area contributed by atoms with Crippen LogP contribution in [-0.4, -0.2) is 15.9 Å². The summed E-state index contributed by atoms with van der Waals surface area (Å²) < 4.78 is 0. The van der Waals surface area contributed by atoms with Crippen molar-refractivity contribution >= 4 is 34.2 Å². The van der Waals surface area contributed by atoms with Gasteiger partial charge >= 0.3 is 0 Å². The summed E-state index contributed by atoms with van der Waals surface area (Å²) in [4.78, 5) is 21.4. The van der Waals surface area contributed by atoms with Crippen molar-refractivity contribution in [2.24, 2.45) is 11.8 Å². The molecule has 1 aliphatic rings. The lowest BCUT2D eigenvalue weighted by molar-refractivity contribution is -0.121. The van der Waals surface area contributed by atoms with Gasteiger partial charge in [-0.2, -0.15) is 0 Å². The minimum Gasteiger partial charge on any atom is -0.326 e. The van der Waals surface area contributed by atoms with Gasteiger partial charge in [0.1, 0.15) is 0 Å². The topological polar surface area (TPSA) is 54.9 Å². The second kappa shape index (κ2) is 8.27. The molecule has 4 nitrogen and oxygen atoms in total. The molecule has 1 amide bonds. The van der Waals surface area contributed by atoms with Crippen molar-refractivity contribution in [2.75, 3.05) is 5.32 Å². The Bertz CT molecular complexity index is 960. The summed E-state index contributed by atoms with van der Waals surface area (Å²) in [7, 11) is 0. The largest absolute Gasteiger partial charge is 0.326 e. The number of rotatable bonds is 4. The number of anilines is 1. The molecule has 0 radical (unpaired) electrons. The number of nitrogens with one attached hydrogen (secondary N) is 1. The predicted molar refractivity (Wildman–Crippen MR) is 113 cm³/mol. The average Bonchev–Trinajstić information content (AvgIpc) is 2.74. The summed E-state index contributed by atoms with van der Waals surface area (Å²) in [6.07, 6.45) is 7.96. The molecule has 144 valence electrons. The van der Waals surface area contributed by atoms with Gasteiger partial charge in [0, 0.05) is 34.4 Å². The SMILES string of the molecule is CC(C(=O)Nc1ccc(Cl)cc1)C1CCC(c2ccnc3ncccc23)CC1. The van der Waals surface area contributed by atoms with Crippen molar-refractivity contribution < 1.29 is 4.79 Å². The number of hydrogen-bond acceptors (Lipinski definition) is 3. The highest BCUT2D eigenvalue weighted by Crippen LogP contribution is 2.40. The van der Waals surface area contributed by atoms with E-state index in [9.17, 15) is 4.79 Å². The number of benzene rings is 1. The van der Waals surface area contributed by atoms with E-state index in [0.717, 1.165) is 42.4 Å². The zero-order chi connectivity index (χ0) is 19.5. The van der Waals surface area contributed by atoms with Crippen LogP contribution in [0.1, 0.15) is 44.1 Å². The van der Waals surface area contributed by atoms with Crippen LogP contribution in [0.5, 0.6) is 0 Å². The Morgan fingerprint density at radius 1 is 1.04 bits per heavy atom. The number of pyridine rings is 2. The normalized spacial score (nSPS) is 20.6. The summed E-state index contributed by atoms with van der Waals surface area (Å²) in [5.41, 5.74) is 2.96. The highest BCUT2D eigenvalue weighted by molar-refractivity contribution is 6.30. The molecule has 1 N–H and O–H groups in total. The molecule has 1 aliphatic carbocycles. The minimum absolute atomic E-state index is 0.00696. The predicted octanol–water partition coefficient (Wildman–Crippen LogP) is 5.83. The van der Waals surface area contributed by atoms with Crippen molar-refractivity contribution in [1.82, 2.24) is 9.97 Å². The van der Waals surface area contributed by atoms with E-state index in [-0.39, 0.29) is 11.8 Å². The van der Waals surface area contributed by atoms with Crippen LogP contribution in [0.15, 0.2) is 54.9 Å². The van der Waals surface area contributed by atoms with Crippen LogP contribution in [0.2, 0.25) is 5.02 Å². The maximum absolute atomic E-state index is 12.7. The lowest BCUT2D eigenvalue weighted by Gasteiger charge is -2.32. The van der Waals surface area contributed by atoms with E-state index >= 15 is 0 Å². The highest BCUT2D eigenvalue weighted by atomic mass is 35.5. The first-order valence-corrected chi connectivity index (χ1v) is 10.3. The number of amides is 1. The van der Waals surface area contributed by atoms with Crippen LogP contribution in [0.3, 0.4) is 0 Å². The second-order valence-electron chi connectivity index (χ2n) is 7.67. The van der Waals surface area contributed by atoms with Crippen LogP contribution < -0.4 is 5.32 Å². The van der Waals surface area contributed by atoms with Gasteiger partial charge in [-0.05, 0) is 85.5 Å². The Labute approximate surface area is 170 Å². The molecule has 1 atom stereocenters. The van der Waals surface area contributed by atoms with Gasteiger partial charge in [0.2, 0.25) is 5.91 Å². The molecular formula is C23H24ClN3O. The molecule has 0 aliphatic heterocycles. The fourth-order valence-electron chi connectivity index (χ4n) is 4.29. The fourth-order valence-corrected chi connectivity index (χ4v) is 4.42. The zero-order valence-electron chi connectivity index (χ0n) is 15.9. The Balaban J connectivity index is 1.39. The van der Waals surface area contributed by atoms with E-state index in [0.29, 0.717) is 16.9 Å². The highest BCUT2D eigenvalue weighted by Gasteiger charge is 2.30. The molecule has 3 aromatic rings. The molecule has 4 rings (SSSR count). The number of aromatic nitrogens is 2. The molecule has 1 saturated carbocycles. The maximum Gasteiger partial charge on any atom is 0.227 e. The second-order valence-corrected chi connectivity index (χ2v) is 8.11. The van der Waals surface area contributed by atoms with E-state index in [2.05, 4.69) is 27.4 Å². The number of carbonyl (C=O) groups excluding carboxylic acids is 1. The van der Waals surface area contributed by atoms with Gasteiger partial charge in [0.15, 0.2) is 5.65 Å². The van der Waals surface area contributed by atoms with Crippen LogP contribution in [0.25, 0.3) is 11.0 Å². The quantitative estimate of drug-likeness (QED) is 0.606. The van der Waals surface area contributed by atoms with Crippen molar-refractivity contribution in [2.45, 2.75) is 38.5 Å². The number of nitrogens with zero attached hydrogens (tertiary/aromatic N) is 2. The zero-order valence-corrected chi connectivity index (χ0v) is 16.7. The number of halogens is 1. The average molecular weight is 394 g/mol. The lowest BCUT2D eigenvalue weighted by Crippen LogP contribution is -2.29. The van der Waals surface area contributed by atoms with Crippen molar-refractivity contribution in [3.8, 4) is 0 Å². The first-order chi connectivity index (χ1) is 13.6. The van der Waals surface area contributed by atoms with Crippen LogP contribution >= 0.6 is 11.6 Å². The summed E-state index contributed by atoms with van der Waals surface area (Å²) in [6.45, 7) is 2.04. The molecule has 1 aromatic carbocycles. The maximum atomic E-state index is 12.7. The molecule has 1 unspecified atom stereocenters. The molecule has 2 aromatic heterocycles. The Morgan fingerprint density at radius 2 is 1.75 bits per heavy atom. The third kappa shape index (κ3) is 4.02. The molecule has 0 saturated heterocycles. The summed E-state index contributed by atoms with van der Waals surface area (Å²) in [6, 6.07) is 13.5. The van der Waals surface area contributed by atoms with E-state index in [1.807, 2.05) is 31.3 Å². The van der Waals surface area contributed by atoms with E-state index in [1.54, 1.807) is 18.3 Å². The third-order valence-corrected chi connectivity index (χ3v) is 6.24. The van der Waals surface area contributed by atoms with Crippen molar-refractivity contribution in [1.29, 1.82) is 0 Å². The van der Waals surface area contributed by atoms with Crippen molar-refractivity contribution in [3.05, 3.63) is 65.4 Å². The summed E-state index contributed by atoms with van der Waals surface area (Å²) in [5, 5.41) is 4.84. The van der Waals surface area contributed by atoms with Crippen LogP contribution in [0, 0.1) is 11.8 Å². The first-order valence-electron chi connectivity index (χ1n) is 9.88. The van der Waals surface area contributed by atoms with Gasteiger partial charge in [-0.1, -0.05) is 18.5 Å². The number of hydrogen-bond donors (Lipinski definition) is 1. The van der Waals surface area contributed by atoms with Gasteiger partial charge in [-0.15, -0.1) is 0 Å². The molecule has 0 spiro atoms. The Kier molecular flexibility index (Phi) is 5.58. The number of fused-ring (bicyclic) bond motifs is 1. The molecule has 2 heterocycles. The molecular weight excluding hydrogens is 370 g/mol. The van der Waals surface area contributed by atoms with Crippen molar-refractivity contribution in [3.63, 3.8) is 0 Å². The van der Waals surface area contributed by atoms with Crippen LogP contribution in [-0.2, 0) is 4.79 Å². The fraction of sp³-hybridized carbons (Fsp3) is 0.348. The monoisotopic (exact) mass is 393 g/mol. The molecule has 5 heteroatoms. The standard InChI is InChI=1S/C23H24ClN3O/c1-15(23(28)27-19-10-8-18(24)9-11-19)16-4-6-17(7-5-16)20-12-14-26-22-21(20)3-2-13-25-22/h2-3,8-17H,4-7H2,1H3,(H,27,28). The third-order valence-electron chi connectivity index (χ3n) is 5.99. The summed E-state index contributed by atoms with van der Waals surface area (Å²) in [5.74, 6) is 1.00.